The molecular formula is C20H15N7O. The second-order valence-corrected chi connectivity index (χ2v) is 5.95. The van der Waals surface area contributed by atoms with Crippen molar-refractivity contribution in [3.8, 4) is 5.82 Å². The molecule has 0 aliphatic heterocycles. The normalized spacial score (nSPS) is 10.9. The average Bonchev–Trinajstić information content (AvgIpc) is 3.36. The number of hydrogen-bond acceptors (Lipinski definition) is 7. The minimum absolute atomic E-state index is 0.329. The number of rotatable bonds is 5. The van der Waals surface area contributed by atoms with Gasteiger partial charge in [0.2, 0.25) is 11.9 Å². The van der Waals surface area contributed by atoms with E-state index in [2.05, 4.69) is 25.6 Å². The van der Waals surface area contributed by atoms with Crippen molar-refractivity contribution in [3.63, 3.8) is 0 Å². The van der Waals surface area contributed by atoms with Gasteiger partial charge < -0.3 is 9.73 Å². The molecule has 0 unspecified atom stereocenters. The first kappa shape index (κ1) is 16.0. The summed E-state index contributed by atoms with van der Waals surface area (Å²) in [5.41, 5.74) is 2.73. The maximum Gasteiger partial charge on any atom is 0.301 e. The fourth-order valence-corrected chi connectivity index (χ4v) is 2.91. The number of aromatic nitrogens is 5. The van der Waals surface area contributed by atoms with Crippen LogP contribution in [0.5, 0.6) is 0 Å². The largest absolute Gasteiger partial charge is 0.432 e. The van der Waals surface area contributed by atoms with Gasteiger partial charge in [0.05, 0.1) is 17.2 Å². The summed E-state index contributed by atoms with van der Waals surface area (Å²) >= 11 is 0. The third-order valence-corrected chi connectivity index (χ3v) is 4.11. The first-order valence-corrected chi connectivity index (χ1v) is 8.66. The van der Waals surface area contributed by atoms with Gasteiger partial charge in [-0.3, -0.25) is 9.88 Å². The summed E-state index contributed by atoms with van der Waals surface area (Å²) in [7, 11) is 0. The van der Waals surface area contributed by atoms with E-state index in [1.807, 2.05) is 65.2 Å². The highest BCUT2D eigenvalue weighted by atomic mass is 16.4. The molecular weight excluding hydrogens is 354 g/mol. The highest BCUT2D eigenvalue weighted by Crippen LogP contribution is 2.26. The van der Waals surface area contributed by atoms with Crippen molar-refractivity contribution in [1.82, 2.24) is 24.5 Å². The van der Waals surface area contributed by atoms with Gasteiger partial charge in [0.25, 0.3) is 0 Å². The van der Waals surface area contributed by atoms with E-state index < -0.39 is 0 Å². The molecule has 136 valence electrons. The van der Waals surface area contributed by atoms with Gasteiger partial charge in [0, 0.05) is 18.0 Å². The molecule has 5 aromatic rings. The molecule has 0 spiro atoms. The van der Waals surface area contributed by atoms with Crippen LogP contribution in [0, 0.1) is 0 Å². The second-order valence-electron chi connectivity index (χ2n) is 5.95. The van der Waals surface area contributed by atoms with Crippen molar-refractivity contribution in [1.29, 1.82) is 0 Å². The maximum atomic E-state index is 5.21. The number of benzene rings is 2. The lowest BCUT2D eigenvalue weighted by Crippen LogP contribution is -2.06. The van der Waals surface area contributed by atoms with Crippen LogP contribution in [0.3, 0.4) is 0 Å². The maximum absolute atomic E-state index is 5.21. The smallest absolute Gasteiger partial charge is 0.301 e. The van der Waals surface area contributed by atoms with Gasteiger partial charge in [-0.15, -0.1) is 0 Å². The lowest BCUT2D eigenvalue weighted by molar-refractivity contribution is 0.577. The number of para-hydroxylation sites is 3. The zero-order valence-electron chi connectivity index (χ0n) is 14.6. The molecule has 0 aliphatic carbocycles. The molecule has 0 radical (unpaired) electrons. The standard InChI is InChI=1S/C20H15N7O/c1-2-6-14(7-3-1)23-19-24-15-8-4-5-9-16(15)27(19)17-10-11-21-18(25-17)26-20-22-12-13-28-20/h1-13H,(H,23,24)(H,21,22,25,26). The molecule has 0 bridgehead atoms. The van der Waals surface area contributed by atoms with E-state index in [9.17, 15) is 0 Å². The van der Waals surface area contributed by atoms with E-state index in [0.717, 1.165) is 16.7 Å². The van der Waals surface area contributed by atoms with E-state index >= 15 is 0 Å². The number of oxazole rings is 1. The number of nitrogens with zero attached hydrogens (tertiary/aromatic N) is 5. The van der Waals surface area contributed by atoms with Crippen LogP contribution in [-0.2, 0) is 0 Å². The summed E-state index contributed by atoms with van der Waals surface area (Å²) < 4.78 is 7.16. The fraction of sp³-hybridized carbons (Fsp3) is 0. The van der Waals surface area contributed by atoms with Gasteiger partial charge in [-0.1, -0.05) is 30.3 Å². The van der Waals surface area contributed by atoms with Crippen molar-refractivity contribution in [2.45, 2.75) is 0 Å². The molecule has 0 fully saturated rings. The van der Waals surface area contributed by atoms with Crippen LogP contribution in [0.25, 0.3) is 16.9 Å². The Morgan fingerprint density at radius 1 is 0.786 bits per heavy atom. The number of anilines is 4. The van der Waals surface area contributed by atoms with Crippen molar-refractivity contribution >= 4 is 34.6 Å². The number of nitrogens with one attached hydrogen (secondary N) is 2. The quantitative estimate of drug-likeness (QED) is 0.477. The first-order valence-electron chi connectivity index (χ1n) is 8.66. The van der Waals surface area contributed by atoms with Gasteiger partial charge in [0.15, 0.2) is 0 Å². The third-order valence-electron chi connectivity index (χ3n) is 4.11. The molecule has 0 saturated carbocycles. The Kier molecular flexibility index (Phi) is 3.91. The third kappa shape index (κ3) is 3.03. The molecule has 0 saturated heterocycles. The Bertz CT molecular complexity index is 1220. The fourth-order valence-electron chi connectivity index (χ4n) is 2.91. The molecule has 0 atom stereocenters. The summed E-state index contributed by atoms with van der Waals surface area (Å²) in [5.74, 6) is 1.70. The number of fused-ring (bicyclic) bond motifs is 1. The van der Waals surface area contributed by atoms with Crippen molar-refractivity contribution in [2.24, 2.45) is 0 Å². The zero-order chi connectivity index (χ0) is 18.8. The molecule has 3 aromatic heterocycles. The second kappa shape index (κ2) is 6.84. The van der Waals surface area contributed by atoms with Gasteiger partial charge >= 0.3 is 6.01 Å². The predicted molar refractivity (Wildman–Crippen MR) is 106 cm³/mol. The summed E-state index contributed by atoms with van der Waals surface area (Å²) in [6, 6.07) is 19.9. The molecule has 0 aliphatic rings. The number of hydrogen-bond donors (Lipinski definition) is 2. The van der Waals surface area contributed by atoms with Gasteiger partial charge in [-0.25, -0.2) is 15.0 Å². The van der Waals surface area contributed by atoms with Crippen molar-refractivity contribution in [3.05, 3.63) is 79.3 Å². The molecule has 5 rings (SSSR count). The van der Waals surface area contributed by atoms with E-state index in [-0.39, 0.29) is 0 Å². The monoisotopic (exact) mass is 369 g/mol. The van der Waals surface area contributed by atoms with Crippen LogP contribution >= 0.6 is 0 Å². The Morgan fingerprint density at radius 2 is 1.64 bits per heavy atom. The molecule has 28 heavy (non-hydrogen) atoms. The average molecular weight is 369 g/mol. The molecule has 2 N–H and O–H groups in total. The van der Waals surface area contributed by atoms with E-state index in [1.165, 1.54) is 6.26 Å². The number of imidazole rings is 1. The van der Waals surface area contributed by atoms with E-state index in [1.54, 1.807) is 12.4 Å². The zero-order valence-corrected chi connectivity index (χ0v) is 14.6. The first-order chi connectivity index (χ1) is 13.9. The minimum Gasteiger partial charge on any atom is -0.432 e. The summed E-state index contributed by atoms with van der Waals surface area (Å²) in [5, 5.41) is 6.31. The predicted octanol–water partition coefficient (Wildman–Crippen LogP) is 4.29. The van der Waals surface area contributed by atoms with Crippen molar-refractivity contribution in [2.75, 3.05) is 10.6 Å². The van der Waals surface area contributed by atoms with Crippen LogP contribution in [0.1, 0.15) is 0 Å². The van der Waals surface area contributed by atoms with Gasteiger partial charge in [0.1, 0.15) is 12.1 Å². The topological polar surface area (TPSA) is 93.7 Å². The van der Waals surface area contributed by atoms with Crippen LogP contribution in [-0.4, -0.2) is 24.5 Å². The molecule has 0 amide bonds. The van der Waals surface area contributed by atoms with Crippen molar-refractivity contribution < 1.29 is 4.42 Å². The minimum atomic E-state index is 0.329. The molecule has 8 nitrogen and oxygen atoms in total. The summed E-state index contributed by atoms with van der Waals surface area (Å²) in [4.78, 5) is 17.6. The Hall–Kier alpha value is -4.20. The lowest BCUT2D eigenvalue weighted by atomic mass is 10.3. The molecule has 2 aromatic carbocycles. The van der Waals surface area contributed by atoms with Crippen LogP contribution in [0.2, 0.25) is 0 Å². The highest BCUT2D eigenvalue weighted by molar-refractivity contribution is 5.81. The Balaban J connectivity index is 1.60. The molecule has 3 heterocycles. The lowest BCUT2D eigenvalue weighted by Gasteiger charge is -2.11. The summed E-state index contributed by atoms with van der Waals surface area (Å²) in [6.45, 7) is 0. The van der Waals surface area contributed by atoms with E-state index in [4.69, 9.17) is 9.40 Å². The van der Waals surface area contributed by atoms with Crippen LogP contribution in [0.4, 0.5) is 23.6 Å². The van der Waals surface area contributed by atoms with Gasteiger partial charge in [-0.2, -0.15) is 4.98 Å². The summed E-state index contributed by atoms with van der Waals surface area (Å²) in [6.07, 6.45) is 4.71. The van der Waals surface area contributed by atoms with Crippen LogP contribution < -0.4 is 10.6 Å². The molecule has 8 heteroatoms. The van der Waals surface area contributed by atoms with Crippen LogP contribution in [0.15, 0.2) is 83.7 Å². The Morgan fingerprint density at radius 3 is 2.50 bits per heavy atom. The highest BCUT2D eigenvalue weighted by Gasteiger charge is 2.14. The van der Waals surface area contributed by atoms with Gasteiger partial charge in [-0.05, 0) is 24.3 Å². The Labute approximate surface area is 159 Å². The van der Waals surface area contributed by atoms with E-state index in [0.29, 0.717) is 23.7 Å². The SMILES string of the molecule is c1ccc(Nc2nc3ccccc3n2-c2ccnc(Nc3ncco3)n2)cc1.